The molecule has 0 atom stereocenters. The van der Waals surface area contributed by atoms with Crippen molar-refractivity contribution < 1.29 is 9.50 Å². The second kappa shape index (κ2) is 4.19. The molecule has 0 saturated heterocycles. The van der Waals surface area contributed by atoms with Gasteiger partial charge in [-0.3, -0.25) is 4.98 Å². The Morgan fingerprint density at radius 2 is 1.93 bits per heavy atom. The summed E-state index contributed by atoms with van der Waals surface area (Å²) in [6.45, 7) is -0.0510. The van der Waals surface area contributed by atoms with E-state index in [1.54, 1.807) is 36.5 Å². The van der Waals surface area contributed by atoms with Gasteiger partial charge in [0.05, 0.1) is 12.3 Å². The molecular weight excluding hydrogens is 193 g/mol. The summed E-state index contributed by atoms with van der Waals surface area (Å²) < 4.78 is 13.4. The van der Waals surface area contributed by atoms with Gasteiger partial charge in [0.15, 0.2) is 0 Å². The minimum absolute atomic E-state index is 0.0510. The van der Waals surface area contributed by atoms with E-state index in [2.05, 4.69) is 4.98 Å². The van der Waals surface area contributed by atoms with Gasteiger partial charge >= 0.3 is 0 Å². The Labute approximate surface area is 87.0 Å². The van der Waals surface area contributed by atoms with Crippen LogP contribution in [0.25, 0.3) is 11.3 Å². The quantitative estimate of drug-likeness (QED) is 0.812. The average Bonchev–Trinajstić information content (AvgIpc) is 2.30. The maximum atomic E-state index is 13.4. The van der Waals surface area contributed by atoms with Gasteiger partial charge in [-0.05, 0) is 23.8 Å². The molecule has 3 heteroatoms. The first-order valence-electron chi connectivity index (χ1n) is 4.62. The van der Waals surface area contributed by atoms with Crippen molar-refractivity contribution in [2.75, 3.05) is 0 Å². The number of rotatable bonds is 2. The molecule has 0 aliphatic carbocycles. The molecule has 15 heavy (non-hydrogen) atoms. The molecule has 1 heterocycles. The smallest absolute Gasteiger partial charge is 0.132 e. The van der Waals surface area contributed by atoms with Gasteiger partial charge in [-0.2, -0.15) is 0 Å². The van der Waals surface area contributed by atoms with Crippen molar-refractivity contribution in [3.05, 3.63) is 54.0 Å². The molecule has 0 radical (unpaired) electrons. The van der Waals surface area contributed by atoms with Crippen molar-refractivity contribution in [2.24, 2.45) is 0 Å². The highest BCUT2D eigenvalue weighted by Crippen LogP contribution is 2.20. The van der Waals surface area contributed by atoms with Gasteiger partial charge in [-0.25, -0.2) is 4.39 Å². The first-order valence-corrected chi connectivity index (χ1v) is 4.62. The number of benzene rings is 1. The SMILES string of the molecule is OCc1ccc(-c2ccccc2F)nc1. The standard InChI is InChI=1S/C12H10FNO/c13-11-4-2-1-3-10(11)12-6-5-9(8-15)7-14-12/h1-7,15H,8H2. The van der Waals surface area contributed by atoms with Crippen molar-refractivity contribution >= 4 is 0 Å². The van der Waals surface area contributed by atoms with E-state index in [4.69, 9.17) is 5.11 Å². The number of halogens is 1. The Morgan fingerprint density at radius 3 is 2.53 bits per heavy atom. The Bertz CT molecular complexity index is 453. The summed E-state index contributed by atoms with van der Waals surface area (Å²) in [4.78, 5) is 4.08. The third-order valence-electron chi connectivity index (χ3n) is 2.16. The fourth-order valence-corrected chi connectivity index (χ4v) is 1.35. The van der Waals surface area contributed by atoms with Crippen LogP contribution < -0.4 is 0 Å². The van der Waals surface area contributed by atoms with Crippen LogP contribution in [-0.4, -0.2) is 10.1 Å². The van der Waals surface area contributed by atoms with Crippen molar-refractivity contribution in [1.82, 2.24) is 4.98 Å². The lowest BCUT2D eigenvalue weighted by atomic mass is 10.1. The molecule has 0 bridgehead atoms. The molecule has 0 amide bonds. The second-order valence-corrected chi connectivity index (χ2v) is 3.19. The lowest BCUT2D eigenvalue weighted by molar-refractivity contribution is 0.281. The van der Waals surface area contributed by atoms with Crippen LogP contribution in [0.3, 0.4) is 0 Å². The number of nitrogens with zero attached hydrogens (tertiary/aromatic N) is 1. The van der Waals surface area contributed by atoms with E-state index >= 15 is 0 Å². The Morgan fingerprint density at radius 1 is 1.13 bits per heavy atom. The van der Waals surface area contributed by atoms with Crippen LogP contribution in [0.4, 0.5) is 4.39 Å². The van der Waals surface area contributed by atoms with E-state index in [1.165, 1.54) is 6.07 Å². The van der Waals surface area contributed by atoms with Gasteiger partial charge in [0.25, 0.3) is 0 Å². The predicted molar refractivity (Wildman–Crippen MR) is 55.6 cm³/mol. The van der Waals surface area contributed by atoms with E-state index in [1.807, 2.05) is 0 Å². The van der Waals surface area contributed by atoms with E-state index in [0.717, 1.165) is 5.56 Å². The molecule has 0 aliphatic heterocycles. The molecule has 0 aliphatic rings. The average molecular weight is 203 g/mol. The topological polar surface area (TPSA) is 33.1 Å². The fraction of sp³-hybridized carbons (Fsp3) is 0.0833. The number of hydrogen-bond donors (Lipinski definition) is 1. The van der Waals surface area contributed by atoms with Crippen molar-refractivity contribution in [2.45, 2.75) is 6.61 Å². The molecule has 76 valence electrons. The van der Waals surface area contributed by atoms with Gasteiger partial charge in [-0.15, -0.1) is 0 Å². The van der Waals surface area contributed by atoms with Crippen LogP contribution >= 0.6 is 0 Å². The zero-order valence-corrected chi connectivity index (χ0v) is 8.02. The summed E-state index contributed by atoms with van der Waals surface area (Å²) in [5.74, 6) is -0.290. The zero-order chi connectivity index (χ0) is 10.7. The van der Waals surface area contributed by atoms with Crippen molar-refractivity contribution in [3.8, 4) is 11.3 Å². The van der Waals surface area contributed by atoms with Crippen LogP contribution in [0.5, 0.6) is 0 Å². The van der Waals surface area contributed by atoms with Crippen LogP contribution in [0.2, 0.25) is 0 Å². The van der Waals surface area contributed by atoms with E-state index in [0.29, 0.717) is 11.3 Å². The number of pyridine rings is 1. The number of aromatic nitrogens is 1. The maximum Gasteiger partial charge on any atom is 0.132 e. The minimum atomic E-state index is -0.290. The second-order valence-electron chi connectivity index (χ2n) is 3.19. The normalized spacial score (nSPS) is 10.3. The van der Waals surface area contributed by atoms with Crippen LogP contribution in [0.15, 0.2) is 42.6 Å². The molecule has 2 rings (SSSR count). The Balaban J connectivity index is 2.42. The number of aliphatic hydroxyl groups is 1. The van der Waals surface area contributed by atoms with E-state index < -0.39 is 0 Å². The van der Waals surface area contributed by atoms with Crippen LogP contribution in [0.1, 0.15) is 5.56 Å². The first kappa shape index (κ1) is 9.80. The third kappa shape index (κ3) is 2.02. The molecule has 0 fully saturated rings. The first-order chi connectivity index (χ1) is 7.31. The van der Waals surface area contributed by atoms with Crippen molar-refractivity contribution in [1.29, 1.82) is 0 Å². The van der Waals surface area contributed by atoms with Gasteiger partial charge < -0.3 is 5.11 Å². The molecule has 2 aromatic rings. The highest BCUT2D eigenvalue weighted by Gasteiger charge is 2.04. The van der Waals surface area contributed by atoms with Gasteiger partial charge in [0.2, 0.25) is 0 Å². The summed E-state index contributed by atoms with van der Waals surface area (Å²) in [5, 5.41) is 8.84. The monoisotopic (exact) mass is 203 g/mol. The molecular formula is C12H10FNO. The highest BCUT2D eigenvalue weighted by atomic mass is 19.1. The van der Waals surface area contributed by atoms with Gasteiger partial charge in [0.1, 0.15) is 5.82 Å². The van der Waals surface area contributed by atoms with Crippen LogP contribution in [-0.2, 0) is 6.61 Å². The Hall–Kier alpha value is -1.74. The molecule has 0 spiro atoms. The predicted octanol–water partition coefficient (Wildman–Crippen LogP) is 2.38. The van der Waals surface area contributed by atoms with Gasteiger partial charge in [-0.1, -0.05) is 18.2 Å². The Kier molecular flexibility index (Phi) is 2.74. The number of aliphatic hydroxyl groups excluding tert-OH is 1. The molecule has 1 N–H and O–H groups in total. The molecule has 0 saturated carbocycles. The summed E-state index contributed by atoms with van der Waals surface area (Å²) in [5.41, 5.74) is 1.77. The molecule has 0 unspecified atom stereocenters. The van der Waals surface area contributed by atoms with E-state index in [-0.39, 0.29) is 12.4 Å². The molecule has 1 aromatic carbocycles. The van der Waals surface area contributed by atoms with Crippen LogP contribution in [0, 0.1) is 5.82 Å². The third-order valence-corrected chi connectivity index (χ3v) is 2.16. The van der Waals surface area contributed by atoms with Gasteiger partial charge in [0, 0.05) is 11.8 Å². The highest BCUT2D eigenvalue weighted by molar-refractivity contribution is 5.59. The summed E-state index contributed by atoms with van der Waals surface area (Å²) in [7, 11) is 0. The summed E-state index contributed by atoms with van der Waals surface area (Å²) >= 11 is 0. The molecule has 2 nitrogen and oxygen atoms in total. The fourth-order valence-electron chi connectivity index (χ4n) is 1.35. The minimum Gasteiger partial charge on any atom is -0.392 e. The maximum absolute atomic E-state index is 13.4. The zero-order valence-electron chi connectivity index (χ0n) is 8.02. The number of hydrogen-bond acceptors (Lipinski definition) is 2. The van der Waals surface area contributed by atoms with Crippen molar-refractivity contribution in [3.63, 3.8) is 0 Å². The lowest BCUT2D eigenvalue weighted by Gasteiger charge is -2.02. The molecule has 1 aromatic heterocycles. The lowest BCUT2D eigenvalue weighted by Crippen LogP contribution is -1.89. The summed E-state index contributed by atoms with van der Waals surface area (Å²) in [6.07, 6.45) is 1.54. The van der Waals surface area contributed by atoms with E-state index in [9.17, 15) is 4.39 Å². The largest absolute Gasteiger partial charge is 0.392 e. The summed E-state index contributed by atoms with van der Waals surface area (Å²) in [6, 6.07) is 9.91.